The molecule has 1 unspecified atom stereocenters. The van der Waals surface area contributed by atoms with E-state index >= 15 is 0 Å². The summed E-state index contributed by atoms with van der Waals surface area (Å²) in [4.78, 5) is 11.8. The summed E-state index contributed by atoms with van der Waals surface area (Å²) in [6.07, 6.45) is 7.07. The van der Waals surface area contributed by atoms with Crippen LogP contribution in [0.4, 0.5) is 11.4 Å². The van der Waals surface area contributed by atoms with Gasteiger partial charge in [0.1, 0.15) is 11.5 Å². The van der Waals surface area contributed by atoms with Crippen LogP contribution in [0.1, 0.15) is 13.8 Å². The first kappa shape index (κ1) is 27.4. The zero-order chi connectivity index (χ0) is 27.3. The molecule has 202 valence electrons. The first-order valence-corrected chi connectivity index (χ1v) is 14.8. The highest BCUT2D eigenvalue weighted by Crippen LogP contribution is 2.34. The smallest absolute Gasteiger partial charge is 0.124 e. The maximum absolute atomic E-state index is 11.9. The second-order valence-corrected chi connectivity index (χ2v) is 12.4. The highest BCUT2D eigenvalue weighted by Gasteiger charge is 2.15. The van der Waals surface area contributed by atoms with Gasteiger partial charge >= 0.3 is 0 Å². The van der Waals surface area contributed by atoms with Gasteiger partial charge in [-0.1, -0.05) is 13.8 Å². The van der Waals surface area contributed by atoms with E-state index in [2.05, 4.69) is 46.1 Å². The van der Waals surface area contributed by atoms with Crippen LogP contribution in [-0.4, -0.2) is 75.2 Å². The molecule has 38 heavy (non-hydrogen) atoms. The third-order valence-corrected chi connectivity index (χ3v) is 7.10. The van der Waals surface area contributed by atoms with Gasteiger partial charge in [-0.25, -0.2) is 4.98 Å². The lowest BCUT2D eigenvalue weighted by Gasteiger charge is -2.27. The lowest BCUT2D eigenvalue weighted by atomic mass is 10.2. The van der Waals surface area contributed by atoms with Gasteiger partial charge in [0.25, 0.3) is 0 Å². The van der Waals surface area contributed by atoms with Gasteiger partial charge in [-0.05, 0) is 33.6 Å². The fourth-order valence-electron chi connectivity index (χ4n) is 4.03. The number of hydrogen-bond donors (Lipinski definition) is 1. The van der Waals surface area contributed by atoms with Gasteiger partial charge in [0.05, 0.1) is 49.9 Å². The van der Waals surface area contributed by atoms with E-state index in [4.69, 9.17) is 14.5 Å². The van der Waals surface area contributed by atoms with Crippen molar-refractivity contribution in [3.8, 4) is 22.8 Å². The number of fused-ring (bicyclic) bond motifs is 1. The zero-order valence-electron chi connectivity index (χ0n) is 22.7. The van der Waals surface area contributed by atoms with Crippen LogP contribution in [0, 0.1) is 0 Å². The molecule has 4 rings (SSSR count). The molecular formula is C28H36N6O3S. The molecule has 0 bridgehead atoms. The summed E-state index contributed by atoms with van der Waals surface area (Å²) in [6.45, 7) is 6.32. The zero-order valence-corrected chi connectivity index (χ0v) is 23.5. The fourth-order valence-corrected chi connectivity index (χ4v) is 4.61. The number of methoxy groups -OCH3 is 2. The molecule has 0 saturated carbocycles. The number of aromatic nitrogens is 4. The summed E-state index contributed by atoms with van der Waals surface area (Å²) in [5.41, 5.74) is 5.09. The van der Waals surface area contributed by atoms with Gasteiger partial charge in [0.15, 0.2) is 0 Å². The van der Waals surface area contributed by atoms with E-state index in [1.165, 1.54) is 0 Å². The number of hydrogen-bond acceptors (Lipinski definition) is 8. The summed E-state index contributed by atoms with van der Waals surface area (Å²) >= 11 is 0. The minimum absolute atomic E-state index is 0.375. The molecule has 1 N–H and O–H groups in total. The second-order valence-electron chi connectivity index (χ2n) is 9.64. The molecule has 9 nitrogen and oxygen atoms in total. The van der Waals surface area contributed by atoms with Gasteiger partial charge in [-0.3, -0.25) is 13.9 Å². The van der Waals surface area contributed by atoms with Crippen molar-refractivity contribution in [3.05, 3.63) is 55.0 Å². The van der Waals surface area contributed by atoms with Crippen molar-refractivity contribution < 1.29 is 13.7 Å². The number of nitrogens with zero attached hydrogens (tertiary/aromatic N) is 5. The number of nitrogens with one attached hydrogen (secondary N) is 1. The predicted octanol–water partition coefficient (Wildman–Crippen LogP) is 3.99. The summed E-state index contributed by atoms with van der Waals surface area (Å²) < 4.78 is 24.8. The Bertz CT molecular complexity index is 1480. The quantitative estimate of drug-likeness (QED) is 0.272. The number of rotatable bonds is 12. The minimum Gasteiger partial charge on any atom is -0.497 e. The largest absolute Gasteiger partial charge is 0.497 e. The average molecular weight is 537 g/mol. The van der Waals surface area contributed by atoms with Crippen LogP contribution in [0.3, 0.4) is 0 Å². The summed E-state index contributed by atoms with van der Waals surface area (Å²) in [5.74, 6) is 5.63. The van der Waals surface area contributed by atoms with Gasteiger partial charge in [-0.15, -0.1) is 0 Å². The summed E-state index contributed by atoms with van der Waals surface area (Å²) in [7, 11) is 1.23. The maximum Gasteiger partial charge on any atom is 0.124 e. The van der Waals surface area contributed by atoms with E-state index in [0.717, 1.165) is 58.3 Å². The molecule has 2 aromatic carbocycles. The Morgan fingerprint density at radius 3 is 2.45 bits per heavy atom. The van der Waals surface area contributed by atoms with E-state index in [-0.39, 0.29) is 0 Å². The molecule has 2 heterocycles. The van der Waals surface area contributed by atoms with Crippen molar-refractivity contribution in [2.24, 2.45) is 0 Å². The number of ether oxygens (including phenoxy) is 2. The lowest BCUT2D eigenvalue weighted by molar-refractivity contribution is 0.394. The van der Waals surface area contributed by atoms with E-state index < -0.39 is 9.52 Å². The van der Waals surface area contributed by atoms with Crippen LogP contribution in [-0.2, 0) is 16.1 Å². The van der Waals surface area contributed by atoms with Crippen LogP contribution in [0.2, 0.25) is 0 Å². The highest BCUT2D eigenvalue weighted by atomic mass is 32.2. The molecule has 2 aromatic heterocycles. The van der Waals surface area contributed by atoms with E-state index in [0.29, 0.717) is 18.3 Å². The molecule has 10 heteroatoms. The van der Waals surface area contributed by atoms with Crippen molar-refractivity contribution in [1.82, 2.24) is 25.1 Å². The van der Waals surface area contributed by atoms with Crippen LogP contribution in [0.15, 0.2) is 55.0 Å². The number of anilines is 2. The highest BCUT2D eigenvalue weighted by molar-refractivity contribution is 7.99. The van der Waals surface area contributed by atoms with E-state index in [1.54, 1.807) is 37.6 Å². The van der Waals surface area contributed by atoms with Crippen molar-refractivity contribution in [2.45, 2.75) is 26.4 Å². The topological polar surface area (TPSA) is 94.4 Å². The van der Waals surface area contributed by atoms with Gasteiger partial charge < -0.3 is 19.7 Å². The van der Waals surface area contributed by atoms with Crippen molar-refractivity contribution in [3.63, 3.8) is 0 Å². The molecule has 0 saturated heterocycles. The normalized spacial score (nSPS) is 13.0. The molecule has 0 fully saturated rings. The first-order chi connectivity index (χ1) is 18.1. The molecule has 0 aliphatic heterocycles. The van der Waals surface area contributed by atoms with E-state index in [1.807, 2.05) is 36.5 Å². The van der Waals surface area contributed by atoms with Gasteiger partial charge in [0, 0.05) is 72.5 Å². The monoisotopic (exact) mass is 536 g/mol. The molecule has 4 aromatic rings. The lowest BCUT2D eigenvalue weighted by Crippen LogP contribution is -2.32. The van der Waals surface area contributed by atoms with Crippen LogP contribution in [0.25, 0.3) is 22.3 Å². The Hall–Kier alpha value is -3.63. The van der Waals surface area contributed by atoms with Crippen LogP contribution < -0.4 is 19.7 Å². The van der Waals surface area contributed by atoms with Crippen LogP contribution in [0.5, 0.6) is 11.5 Å². The Balaban J connectivity index is 1.69. The SMILES string of the molecule is C=S(C)(=O)CCn1cc(-c2cnc3ccc(N(CCNC(C)C)c4cc(OC)cc(OC)c4)cc3n2)cn1. The molecule has 0 radical (unpaired) electrons. The van der Waals surface area contributed by atoms with Gasteiger partial charge in [-0.2, -0.15) is 5.10 Å². The Morgan fingerprint density at radius 2 is 1.79 bits per heavy atom. The number of benzene rings is 2. The third-order valence-electron chi connectivity index (χ3n) is 6.05. The van der Waals surface area contributed by atoms with E-state index in [9.17, 15) is 4.21 Å². The molecular weight excluding hydrogens is 500 g/mol. The van der Waals surface area contributed by atoms with Gasteiger partial charge in [0.2, 0.25) is 0 Å². The second kappa shape index (κ2) is 11.8. The Kier molecular flexibility index (Phi) is 8.53. The standard InChI is InChI=1S/C28H36N6O3S/c1-20(2)29-9-10-34(23-13-24(36-3)16-25(14-23)37-4)22-7-8-26-27(15-22)32-28(18-30-26)21-17-31-33(19-21)11-12-38(5,6)35/h7-8,13-20,29H,5,9-12H2,1-4,6H3. The fraction of sp³-hybridized carbons (Fsp3) is 0.357. The molecule has 0 spiro atoms. The van der Waals surface area contributed by atoms with Crippen LogP contribution >= 0.6 is 0 Å². The Morgan fingerprint density at radius 1 is 1.05 bits per heavy atom. The number of aryl methyl sites for hydroxylation is 1. The minimum atomic E-state index is -2.08. The Labute approximate surface area is 224 Å². The third kappa shape index (κ3) is 7.02. The average Bonchev–Trinajstić information content (AvgIpc) is 3.38. The molecule has 0 aliphatic rings. The summed E-state index contributed by atoms with van der Waals surface area (Å²) in [5, 5.41) is 7.90. The molecule has 1 atom stereocenters. The summed E-state index contributed by atoms with van der Waals surface area (Å²) in [6, 6.07) is 12.3. The predicted molar refractivity (Wildman–Crippen MR) is 157 cm³/mol. The molecule has 0 amide bonds. The van der Waals surface area contributed by atoms with Crippen molar-refractivity contribution in [2.75, 3.05) is 44.2 Å². The maximum atomic E-state index is 11.9. The first-order valence-electron chi connectivity index (χ1n) is 12.5. The molecule has 0 aliphatic carbocycles. The van der Waals surface area contributed by atoms with Crippen molar-refractivity contribution >= 4 is 37.8 Å². The van der Waals surface area contributed by atoms with Crippen molar-refractivity contribution in [1.29, 1.82) is 0 Å².